The number of anilines is 1. The minimum atomic E-state index is -0.523. The van der Waals surface area contributed by atoms with Gasteiger partial charge in [0.05, 0.1) is 12.5 Å². The van der Waals surface area contributed by atoms with Gasteiger partial charge in [0.25, 0.3) is 0 Å². The summed E-state index contributed by atoms with van der Waals surface area (Å²) in [5.41, 5.74) is 1.76. The average molecular weight is 375 g/mol. The predicted octanol–water partition coefficient (Wildman–Crippen LogP) is 2.58. The highest BCUT2D eigenvalue weighted by Gasteiger charge is 2.37. The van der Waals surface area contributed by atoms with Crippen LogP contribution < -0.4 is 5.32 Å². The first kappa shape index (κ1) is 20.9. The number of nitrogens with zero attached hydrogens (tertiary/aromatic N) is 2. The smallest absolute Gasteiger partial charge is 0.247 e. The van der Waals surface area contributed by atoms with Crippen molar-refractivity contribution in [3.8, 4) is 0 Å². The first-order valence-electron chi connectivity index (χ1n) is 9.55. The van der Waals surface area contributed by atoms with Gasteiger partial charge in [0.2, 0.25) is 18.2 Å². The SMILES string of the molecule is CCCC[C@H](CN(O)C=O)C(=O)N1CCC[C@H]1C(=O)Nc1cccc(C)c1. The van der Waals surface area contributed by atoms with Crippen LogP contribution in [0, 0.1) is 12.8 Å². The number of hydrogen-bond acceptors (Lipinski definition) is 4. The fourth-order valence-corrected chi connectivity index (χ4v) is 3.50. The topological polar surface area (TPSA) is 90.0 Å². The maximum absolute atomic E-state index is 13.0. The second-order valence-electron chi connectivity index (χ2n) is 7.11. The van der Waals surface area contributed by atoms with E-state index in [9.17, 15) is 19.6 Å². The average Bonchev–Trinajstić information content (AvgIpc) is 3.14. The molecule has 27 heavy (non-hydrogen) atoms. The zero-order chi connectivity index (χ0) is 19.8. The summed E-state index contributed by atoms with van der Waals surface area (Å²) in [7, 11) is 0. The molecular formula is C20H29N3O4. The number of carbonyl (C=O) groups excluding carboxylic acids is 3. The molecule has 1 saturated heterocycles. The Morgan fingerprint density at radius 3 is 2.89 bits per heavy atom. The Bertz CT molecular complexity index is 664. The molecule has 1 fully saturated rings. The highest BCUT2D eigenvalue weighted by molar-refractivity contribution is 5.97. The van der Waals surface area contributed by atoms with E-state index in [0.29, 0.717) is 36.5 Å². The van der Waals surface area contributed by atoms with Crippen molar-refractivity contribution < 1.29 is 19.6 Å². The van der Waals surface area contributed by atoms with Gasteiger partial charge in [0.15, 0.2) is 0 Å². The zero-order valence-electron chi connectivity index (χ0n) is 16.1. The Morgan fingerprint density at radius 2 is 2.22 bits per heavy atom. The van der Waals surface area contributed by atoms with Crippen molar-refractivity contribution in [3.63, 3.8) is 0 Å². The normalized spacial score (nSPS) is 17.4. The Balaban J connectivity index is 2.08. The lowest BCUT2D eigenvalue weighted by molar-refractivity contribution is -0.157. The Morgan fingerprint density at radius 1 is 1.44 bits per heavy atom. The van der Waals surface area contributed by atoms with Crippen LogP contribution in [0.2, 0.25) is 0 Å². The number of likely N-dealkylation sites (tertiary alicyclic amines) is 1. The van der Waals surface area contributed by atoms with Crippen LogP contribution in [0.1, 0.15) is 44.6 Å². The number of amides is 3. The summed E-state index contributed by atoms with van der Waals surface area (Å²) in [4.78, 5) is 38.1. The third kappa shape index (κ3) is 5.79. The Labute approximate surface area is 160 Å². The largest absolute Gasteiger partial charge is 0.330 e. The Kier molecular flexibility index (Phi) is 7.79. The lowest BCUT2D eigenvalue weighted by Gasteiger charge is -2.29. The van der Waals surface area contributed by atoms with Crippen molar-refractivity contribution >= 4 is 23.9 Å². The maximum atomic E-state index is 13.0. The molecule has 1 aromatic carbocycles. The molecule has 3 amide bonds. The molecule has 2 N–H and O–H groups in total. The van der Waals surface area contributed by atoms with Crippen molar-refractivity contribution in [2.24, 2.45) is 5.92 Å². The number of benzene rings is 1. The van der Waals surface area contributed by atoms with Gasteiger partial charge in [-0.05, 0) is 43.9 Å². The first-order chi connectivity index (χ1) is 13.0. The standard InChI is InChI=1S/C20H29N3O4/c1-3-4-8-16(13-22(27)14-24)20(26)23-11-6-10-18(23)19(25)21-17-9-5-7-15(2)12-17/h5,7,9,12,14,16,18,27H,3-4,6,8,10-11,13H2,1-2H3,(H,21,25)/t16-,18+/m1/s1. The number of nitrogens with one attached hydrogen (secondary N) is 1. The summed E-state index contributed by atoms with van der Waals surface area (Å²) >= 11 is 0. The van der Waals surface area contributed by atoms with Gasteiger partial charge in [-0.25, -0.2) is 5.06 Å². The molecule has 0 unspecified atom stereocenters. The van der Waals surface area contributed by atoms with Crippen molar-refractivity contribution in [2.75, 3.05) is 18.4 Å². The number of aryl methyl sites for hydroxylation is 1. The van der Waals surface area contributed by atoms with Gasteiger partial charge >= 0.3 is 0 Å². The maximum Gasteiger partial charge on any atom is 0.247 e. The van der Waals surface area contributed by atoms with Crippen molar-refractivity contribution in [1.29, 1.82) is 0 Å². The van der Waals surface area contributed by atoms with E-state index in [1.54, 1.807) is 4.90 Å². The molecular weight excluding hydrogens is 346 g/mol. The Hall–Kier alpha value is -2.41. The van der Waals surface area contributed by atoms with Crippen LogP contribution in [0.4, 0.5) is 5.69 Å². The van der Waals surface area contributed by atoms with E-state index in [1.807, 2.05) is 38.1 Å². The van der Waals surface area contributed by atoms with Crippen molar-refractivity contribution in [3.05, 3.63) is 29.8 Å². The van der Waals surface area contributed by atoms with Gasteiger partial charge < -0.3 is 10.2 Å². The molecule has 1 heterocycles. The summed E-state index contributed by atoms with van der Waals surface area (Å²) in [6.07, 6.45) is 3.97. The molecule has 1 aliphatic rings. The third-order valence-electron chi connectivity index (χ3n) is 4.91. The minimum absolute atomic E-state index is 0.0505. The fourth-order valence-electron chi connectivity index (χ4n) is 3.50. The van der Waals surface area contributed by atoms with Crippen LogP contribution in [-0.2, 0) is 14.4 Å². The molecule has 2 atom stereocenters. The molecule has 1 aromatic rings. The molecule has 0 aromatic heterocycles. The van der Waals surface area contributed by atoms with Crippen LogP contribution >= 0.6 is 0 Å². The van der Waals surface area contributed by atoms with Gasteiger partial charge in [-0.15, -0.1) is 0 Å². The number of hydrogen-bond donors (Lipinski definition) is 2. The van der Waals surface area contributed by atoms with Crippen molar-refractivity contribution in [2.45, 2.75) is 52.0 Å². The molecule has 7 heteroatoms. The molecule has 0 aliphatic carbocycles. The molecule has 1 aliphatic heterocycles. The second-order valence-corrected chi connectivity index (χ2v) is 7.11. The van der Waals surface area contributed by atoms with Crippen LogP contribution in [0.15, 0.2) is 24.3 Å². The van der Waals surface area contributed by atoms with E-state index in [1.165, 1.54) is 0 Å². The van der Waals surface area contributed by atoms with Crippen molar-refractivity contribution in [1.82, 2.24) is 9.96 Å². The number of hydroxylamine groups is 2. The van der Waals surface area contributed by atoms with E-state index in [0.717, 1.165) is 24.8 Å². The molecule has 0 spiro atoms. The van der Waals surface area contributed by atoms with Gasteiger partial charge in [0.1, 0.15) is 6.04 Å². The molecule has 0 saturated carbocycles. The highest BCUT2D eigenvalue weighted by Crippen LogP contribution is 2.24. The lowest BCUT2D eigenvalue weighted by Crippen LogP contribution is -2.47. The molecule has 0 bridgehead atoms. The quantitative estimate of drug-likeness (QED) is 0.394. The van der Waals surface area contributed by atoms with Gasteiger partial charge in [-0.2, -0.15) is 0 Å². The molecule has 0 radical (unpaired) electrons. The fraction of sp³-hybridized carbons (Fsp3) is 0.550. The van der Waals surface area contributed by atoms with E-state index in [-0.39, 0.29) is 18.4 Å². The zero-order valence-corrected chi connectivity index (χ0v) is 16.1. The monoisotopic (exact) mass is 375 g/mol. The van der Waals surface area contributed by atoms with Crippen LogP contribution in [0.3, 0.4) is 0 Å². The summed E-state index contributed by atoms with van der Waals surface area (Å²) in [5, 5.41) is 12.9. The minimum Gasteiger partial charge on any atom is -0.330 e. The molecule has 148 valence electrons. The van der Waals surface area contributed by atoms with Crippen LogP contribution in [0.25, 0.3) is 0 Å². The van der Waals surface area contributed by atoms with Crippen LogP contribution in [-0.4, -0.2) is 52.5 Å². The second kappa shape index (κ2) is 10.1. The third-order valence-corrected chi connectivity index (χ3v) is 4.91. The van der Waals surface area contributed by atoms with E-state index >= 15 is 0 Å². The molecule has 2 rings (SSSR count). The van der Waals surface area contributed by atoms with E-state index < -0.39 is 12.0 Å². The van der Waals surface area contributed by atoms with E-state index in [2.05, 4.69) is 5.32 Å². The summed E-state index contributed by atoms with van der Waals surface area (Å²) in [6, 6.07) is 7.01. The predicted molar refractivity (Wildman–Crippen MR) is 102 cm³/mol. The highest BCUT2D eigenvalue weighted by atomic mass is 16.5. The first-order valence-corrected chi connectivity index (χ1v) is 9.55. The summed E-state index contributed by atoms with van der Waals surface area (Å²) in [5.74, 6) is -0.879. The lowest BCUT2D eigenvalue weighted by atomic mass is 9.99. The summed E-state index contributed by atoms with van der Waals surface area (Å²) < 4.78 is 0. The van der Waals surface area contributed by atoms with E-state index in [4.69, 9.17) is 0 Å². The van der Waals surface area contributed by atoms with Gasteiger partial charge in [0, 0.05) is 12.2 Å². The van der Waals surface area contributed by atoms with Crippen LogP contribution in [0.5, 0.6) is 0 Å². The molecule has 7 nitrogen and oxygen atoms in total. The van der Waals surface area contributed by atoms with Gasteiger partial charge in [-0.1, -0.05) is 31.9 Å². The number of unbranched alkanes of at least 4 members (excludes halogenated alkanes) is 1. The summed E-state index contributed by atoms with van der Waals surface area (Å²) in [6.45, 7) is 4.43. The number of carbonyl (C=O) groups is 3. The number of rotatable bonds is 9. The van der Waals surface area contributed by atoms with Gasteiger partial charge in [-0.3, -0.25) is 19.6 Å².